The van der Waals surface area contributed by atoms with E-state index >= 15 is 0 Å². The van der Waals surface area contributed by atoms with E-state index < -0.39 is 42.0 Å². The van der Waals surface area contributed by atoms with Gasteiger partial charge in [-0.2, -0.15) is 0 Å². The Kier molecular flexibility index (Phi) is 6.29. The summed E-state index contributed by atoms with van der Waals surface area (Å²) in [7, 11) is -7.34. The second-order valence-corrected chi connectivity index (χ2v) is 10.7. The Morgan fingerprint density at radius 1 is 0.844 bits per heavy atom. The highest BCUT2D eigenvalue weighted by molar-refractivity contribution is 7.93. The van der Waals surface area contributed by atoms with E-state index in [0.717, 1.165) is 30.4 Å². The minimum absolute atomic E-state index is 0.0567. The summed E-state index contributed by atoms with van der Waals surface area (Å²) in [5.74, 6) is -1.87. The van der Waals surface area contributed by atoms with Crippen molar-refractivity contribution in [1.29, 1.82) is 0 Å². The standard InChI is InChI=1S/C22H21NO7S2/c1-14-4-8-17(9-5-14)31(26,27)20-13-16(12-19(21(20)24)22(25)30-3)23-32(28,29)18-10-6-15(2)7-11-18/h4-13,23-24H,1-3H3. The average molecular weight is 476 g/mol. The summed E-state index contributed by atoms with van der Waals surface area (Å²) in [4.78, 5) is 11.3. The quantitative estimate of drug-likeness (QED) is 0.413. The van der Waals surface area contributed by atoms with Gasteiger partial charge in [0.25, 0.3) is 10.0 Å². The molecular weight excluding hydrogens is 454 g/mol. The third-order valence-electron chi connectivity index (χ3n) is 4.68. The number of methoxy groups -OCH3 is 1. The van der Waals surface area contributed by atoms with Gasteiger partial charge in [0.2, 0.25) is 9.84 Å². The second kappa shape index (κ2) is 8.64. The molecule has 0 aliphatic carbocycles. The molecule has 168 valence electrons. The molecule has 0 aromatic heterocycles. The molecule has 2 N–H and O–H groups in total. The van der Waals surface area contributed by atoms with Crippen LogP contribution in [0.25, 0.3) is 0 Å². The van der Waals surface area contributed by atoms with Crippen LogP contribution < -0.4 is 4.72 Å². The number of benzene rings is 3. The number of hydrogen-bond donors (Lipinski definition) is 2. The highest BCUT2D eigenvalue weighted by atomic mass is 32.2. The number of phenolic OH excluding ortho intramolecular Hbond substituents is 1. The Morgan fingerprint density at radius 3 is 1.84 bits per heavy atom. The third kappa shape index (κ3) is 4.61. The van der Waals surface area contributed by atoms with E-state index in [1.807, 2.05) is 0 Å². The first-order valence-corrected chi connectivity index (χ1v) is 12.3. The van der Waals surface area contributed by atoms with Crippen molar-refractivity contribution in [3.8, 4) is 5.75 Å². The van der Waals surface area contributed by atoms with Crippen LogP contribution in [0.2, 0.25) is 0 Å². The van der Waals surface area contributed by atoms with Crippen molar-refractivity contribution in [3.05, 3.63) is 77.4 Å². The molecule has 0 aliphatic heterocycles. The van der Waals surface area contributed by atoms with Crippen LogP contribution >= 0.6 is 0 Å². The monoisotopic (exact) mass is 475 g/mol. The van der Waals surface area contributed by atoms with Gasteiger partial charge in [-0.3, -0.25) is 4.72 Å². The molecule has 0 unspecified atom stereocenters. The maximum atomic E-state index is 13.2. The minimum Gasteiger partial charge on any atom is -0.506 e. The highest BCUT2D eigenvalue weighted by Crippen LogP contribution is 2.35. The van der Waals surface area contributed by atoms with Crippen LogP contribution in [-0.4, -0.2) is 35.0 Å². The number of anilines is 1. The van der Waals surface area contributed by atoms with Gasteiger partial charge in [-0.15, -0.1) is 0 Å². The molecule has 3 aromatic carbocycles. The van der Waals surface area contributed by atoms with Crippen molar-refractivity contribution < 1.29 is 31.5 Å². The number of rotatable bonds is 6. The van der Waals surface area contributed by atoms with E-state index in [1.54, 1.807) is 38.1 Å². The minimum atomic E-state index is -4.29. The molecule has 0 atom stereocenters. The first kappa shape index (κ1) is 23.3. The lowest BCUT2D eigenvalue weighted by Gasteiger charge is -2.14. The molecule has 32 heavy (non-hydrogen) atoms. The molecule has 10 heteroatoms. The van der Waals surface area contributed by atoms with E-state index in [0.29, 0.717) is 0 Å². The van der Waals surface area contributed by atoms with Crippen molar-refractivity contribution in [3.63, 3.8) is 0 Å². The first-order chi connectivity index (χ1) is 15.0. The fourth-order valence-corrected chi connectivity index (χ4v) is 5.35. The van der Waals surface area contributed by atoms with E-state index in [2.05, 4.69) is 9.46 Å². The third-order valence-corrected chi connectivity index (χ3v) is 7.86. The van der Waals surface area contributed by atoms with Gasteiger partial charge in [-0.1, -0.05) is 35.4 Å². The lowest BCUT2D eigenvalue weighted by atomic mass is 10.2. The topological polar surface area (TPSA) is 127 Å². The number of sulfonamides is 1. The van der Waals surface area contributed by atoms with Crippen molar-refractivity contribution >= 4 is 31.5 Å². The summed E-state index contributed by atoms with van der Waals surface area (Å²) in [6.07, 6.45) is 0. The molecule has 0 spiro atoms. The Labute approximate surface area is 186 Å². The second-order valence-electron chi connectivity index (χ2n) is 7.10. The van der Waals surface area contributed by atoms with Crippen molar-refractivity contribution in [1.82, 2.24) is 0 Å². The zero-order chi connectivity index (χ0) is 23.7. The largest absolute Gasteiger partial charge is 0.506 e. The molecule has 0 aliphatic rings. The van der Waals surface area contributed by atoms with Crippen molar-refractivity contribution in [2.45, 2.75) is 28.5 Å². The Morgan fingerprint density at radius 2 is 1.34 bits per heavy atom. The number of carbonyl (C=O) groups is 1. The van der Waals surface area contributed by atoms with Crippen molar-refractivity contribution in [2.75, 3.05) is 11.8 Å². The van der Waals surface area contributed by atoms with Crippen LogP contribution in [-0.2, 0) is 24.6 Å². The molecule has 0 fully saturated rings. The maximum absolute atomic E-state index is 13.2. The molecule has 0 heterocycles. The number of aromatic hydroxyl groups is 1. The number of hydrogen-bond acceptors (Lipinski definition) is 7. The van der Waals surface area contributed by atoms with Crippen LogP contribution in [0.3, 0.4) is 0 Å². The van der Waals surface area contributed by atoms with Gasteiger partial charge in [0.05, 0.1) is 22.6 Å². The summed E-state index contributed by atoms with van der Waals surface area (Å²) in [5, 5.41) is 10.6. The van der Waals surface area contributed by atoms with Crippen molar-refractivity contribution in [2.24, 2.45) is 0 Å². The molecular formula is C22H21NO7S2. The van der Waals surface area contributed by atoms with Crippen LogP contribution in [0.15, 0.2) is 75.4 Å². The predicted octanol–water partition coefficient (Wildman–Crippen LogP) is 3.43. The summed E-state index contributed by atoms with van der Waals surface area (Å²) in [5.41, 5.74) is 0.952. The van der Waals surface area contributed by atoms with Gasteiger partial charge in [-0.05, 0) is 50.2 Å². The van der Waals surface area contributed by atoms with Crippen LogP contribution in [0.5, 0.6) is 5.75 Å². The zero-order valence-corrected chi connectivity index (χ0v) is 19.1. The number of ether oxygens (including phenoxy) is 1. The fourth-order valence-electron chi connectivity index (χ4n) is 2.91. The smallest absolute Gasteiger partial charge is 0.341 e. The maximum Gasteiger partial charge on any atom is 0.341 e. The van der Waals surface area contributed by atoms with E-state index in [-0.39, 0.29) is 15.5 Å². The number of carbonyl (C=O) groups excluding carboxylic acids is 1. The number of sulfone groups is 1. The zero-order valence-electron chi connectivity index (χ0n) is 17.5. The Bertz CT molecular complexity index is 1380. The summed E-state index contributed by atoms with van der Waals surface area (Å²) >= 11 is 0. The summed E-state index contributed by atoms with van der Waals surface area (Å²) in [6.45, 7) is 3.58. The van der Waals surface area contributed by atoms with Gasteiger partial charge in [-0.25, -0.2) is 21.6 Å². The van der Waals surface area contributed by atoms with Gasteiger partial charge in [0.1, 0.15) is 16.2 Å². The number of aryl methyl sites for hydroxylation is 2. The predicted molar refractivity (Wildman–Crippen MR) is 118 cm³/mol. The van der Waals surface area contributed by atoms with Crippen LogP contribution in [0.1, 0.15) is 21.5 Å². The molecule has 8 nitrogen and oxygen atoms in total. The fraction of sp³-hybridized carbons (Fsp3) is 0.136. The molecule has 0 bridgehead atoms. The molecule has 3 rings (SSSR count). The van der Waals surface area contributed by atoms with E-state index in [1.165, 1.54) is 24.3 Å². The Balaban J connectivity index is 2.17. The number of nitrogens with one attached hydrogen (secondary N) is 1. The number of esters is 1. The van der Waals surface area contributed by atoms with Crippen LogP contribution in [0, 0.1) is 13.8 Å². The van der Waals surface area contributed by atoms with Crippen LogP contribution in [0.4, 0.5) is 5.69 Å². The van der Waals surface area contributed by atoms with Gasteiger partial charge in [0.15, 0.2) is 0 Å². The molecule has 0 saturated carbocycles. The normalized spacial score (nSPS) is 11.7. The SMILES string of the molecule is COC(=O)c1cc(NS(=O)(=O)c2ccc(C)cc2)cc(S(=O)(=O)c2ccc(C)cc2)c1O. The summed E-state index contributed by atoms with van der Waals surface area (Å²) in [6, 6.07) is 13.8. The highest BCUT2D eigenvalue weighted by Gasteiger charge is 2.28. The van der Waals surface area contributed by atoms with E-state index in [4.69, 9.17) is 0 Å². The molecule has 0 saturated heterocycles. The molecule has 0 radical (unpaired) electrons. The lowest BCUT2D eigenvalue weighted by molar-refractivity contribution is 0.0597. The van der Waals surface area contributed by atoms with Gasteiger partial charge in [0, 0.05) is 0 Å². The van der Waals surface area contributed by atoms with Gasteiger partial charge < -0.3 is 9.84 Å². The lowest BCUT2D eigenvalue weighted by Crippen LogP contribution is -2.15. The number of phenols is 1. The summed E-state index contributed by atoms with van der Waals surface area (Å²) < 4.78 is 58.8. The first-order valence-electron chi connectivity index (χ1n) is 9.32. The average Bonchev–Trinajstić information content (AvgIpc) is 2.74. The van der Waals surface area contributed by atoms with E-state index in [9.17, 15) is 26.7 Å². The molecule has 0 amide bonds. The van der Waals surface area contributed by atoms with Gasteiger partial charge >= 0.3 is 5.97 Å². The Hall–Kier alpha value is -3.37. The molecule has 3 aromatic rings.